The number of ether oxygens (including phenoxy) is 1. The fraction of sp³-hybridized carbons (Fsp3) is 0.667. The lowest BCUT2D eigenvalue weighted by Gasteiger charge is -2.27. The fourth-order valence-electron chi connectivity index (χ4n) is 2.21. The van der Waals surface area contributed by atoms with Crippen molar-refractivity contribution in [2.24, 2.45) is 0 Å². The minimum absolute atomic E-state index is 0.0981. The number of aromatic nitrogens is 2. The van der Waals surface area contributed by atoms with Crippen molar-refractivity contribution < 1.29 is 14.6 Å². The minimum atomic E-state index is -0.805. The third-order valence-corrected chi connectivity index (χ3v) is 3.62. The molecule has 1 aromatic rings. The van der Waals surface area contributed by atoms with Gasteiger partial charge in [0.05, 0.1) is 0 Å². The van der Waals surface area contributed by atoms with Crippen LogP contribution in [0, 0.1) is 13.8 Å². The lowest BCUT2D eigenvalue weighted by Crippen LogP contribution is -2.29. The summed E-state index contributed by atoms with van der Waals surface area (Å²) in [5, 5.41) is 8.79. The molecule has 5 nitrogen and oxygen atoms in total. The molecule has 0 radical (unpaired) electrons. The van der Waals surface area contributed by atoms with Crippen LogP contribution in [0.5, 0.6) is 0 Å². The van der Waals surface area contributed by atoms with Gasteiger partial charge in [0.25, 0.3) is 0 Å². The Bertz CT molecular complexity index is 465. The van der Waals surface area contributed by atoms with Crippen LogP contribution in [-0.2, 0) is 21.6 Å². The van der Waals surface area contributed by atoms with Crippen LogP contribution in [0.3, 0.4) is 0 Å². The summed E-state index contributed by atoms with van der Waals surface area (Å²) in [6, 6.07) is 0. The van der Waals surface area contributed by atoms with Gasteiger partial charge in [-0.3, -0.25) is 4.79 Å². The summed E-state index contributed by atoms with van der Waals surface area (Å²) in [5.41, 5.74) is 2.11. The van der Waals surface area contributed by atoms with Crippen molar-refractivity contribution in [3.63, 3.8) is 0 Å². The Morgan fingerprint density at radius 3 is 2.20 bits per heavy atom. The number of carbonyl (C=O) groups is 1. The molecule has 0 amide bonds. The molecule has 0 fully saturated rings. The second-order valence-corrected chi connectivity index (χ2v) is 5.11. The predicted molar refractivity (Wildman–Crippen MR) is 76.7 cm³/mol. The molecular weight excluding hydrogens is 256 g/mol. The van der Waals surface area contributed by atoms with E-state index in [0.29, 0.717) is 18.9 Å². The zero-order chi connectivity index (χ0) is 15.3. The van der Waals surface area contributed by atoms with Crippen LogP contribution in [-0.4, -0.2) is 27.7 Å². The van der Waals surface area contributed by atoms with E-state index in [2.05, 4.69) is 9.97 Å². The monoisotopic (exact) mass is 280 g/mol. The number of rotatable bonds is 7. The van der Waals surface area contributed by atoms with E-state index in [1.54, 1.807) is 0 Å². The number of hydrogen-bond acceptors (Lipinski definition) is 4. The quantitative estimate of drug-likeness (QED) is 0.831. The van der Waals surface area contributed by atoms with Gasteiger partial charge >= 0.3 is 5.97 Å². The molecular formula is C15H24N2O3. The molecule has 0 aromatic carbocycles. The summed E-state index contributed by atoms with van der Waals surface area (Å²) < 4.78 is 5.79. The summed E-state index contributed by atoms with van der Waals surface area (Å²) in [7, 11) is 0. The van der Waals surface area contributed by atoms with Crippen LogP contribution in [0.15, 0.2) is 0 Å². The van der Waals surface area contributed by atoms with Gasteiger partial charge in [-0.2, -0.15) is 0 Å². The third-order valence-electron chi connectivity index (χ3n) is 3.62. The fourth-order valence-corrected chi connectivity index (χ4v) is 2.21. The Morgan fingerprint density at radius 1 is 1.25 bits per heavy atom. The highest BCUT2D eigenvalue weighted by Gasteiger charge is 2.29. The van der Waals surface area contributed by atoms with Crippen molar-refractivity contribution >= 4 is 5.97 Å². The van der Waals surface area contributed by atoms with Crippen molar-refractivity contribution in [2.45, 2.75) is 59.5 Å². The highest BCUT2D eigenvalue weighted by molar-refractivity contribution is 5.67. The van der Waals surface area contributed by atoms with Crippen LogP contribution in [0.1, 0.15) is 56.4 Å². The Kier molecular flexibility index (Phi) is 5.62. The van der Waals surface area contributed by atoms with Gasteiger partial charge in [0.15, 0.2) is 5.82 Å². The average Bonchev–Trinajstić information content (AvgIpc) is 2.37. The Hall–Kier alpha value is -1.49. The number of hydrogen-bond donors (Lipinski definition) is 1. The van der Waals surface area contributed by atoms with Gasteiger partial charge in [-0.05, 0) is 46.1 Å². The van der Waals surface area contributed by atoms with Crippen LogP contribution in [0.2, 0.25) is 0 Å². The van der Waals surface area contributed by atoms with Gasteiger partial charge in [-0.1, -0.05) is 6.92 Å². The lowest BCUT2D eigenvalue weighted by molar-refractivity contribution is -0.136. The SMILES string of the molecule is CCOC(C)(CC)c1nc(C)c(CCC(=O)O)c(C)n1. The smallest absolute Gasteiger partial charge is 0.303 e. The largest absolute Gasteiger partial charge is 0.481 e. The van der Waals surface area contributed by atoms with Crippen LogP contribution < -0.4 is 0 Å². The summed E-state index contributed by atoms with van der Waals surface area (Å²) >= 11 is 0. The minimum Gasteiger partial charge on any atom is -0.481 e. The number of aliphatic carboxylic acids is 1. The second-order valence-electron chi connectivity index (χ2n) is 5.11. The van der Waals surface area contributed by atoms with E-state index in [4.69, 9.17) is 9.84 Å². The van der Waals surface area contributed by atoms with Gasteiger partial charge in [0.1, 0.15) is 5.60 Å². The first-order valence-electron chi connectivity index (χ1n) is 7.04. The lowest BCUT2D eigenvalue weighted by atomic mass is 10.00. The van der Waals surface area contributed by atoms with Gasteiger partial charge in [-0.25, -0.2) is 9.97 Å². The maximum Gasteiger partial charge on any atom is 0.303 e. The first-order chi connectivity index (χ1) is 9.34. The molecule has 1 unspecified atom stereocenters. The molecule has 0 spiro atoms. The first-order valence-corrected chi connectivity index (χ1v) is 7.04. The molecule has 0 bridgehead atoms. The van der Waals surface area contributed by atoms with E-state index in [-0.39, 0.29) is 6.42 Å². The maximum absolute atomic E-state index is 10.7. The zero-order valence-corrected chi connectivity index (χ0v) is 13.0. The summed E-state index contributed by atoms with van der Waals surface area (Å²) in [6.07, 6.45) is 1.35. The number of nitrogens with zero attached hydrogens (tertiary/aromatic N) is 2. The number of carboxylic acids is 1. The van der Waals surface area contributed by atoms with Gasteiger partial charge in [-0.15, -0.1) is 0 Å². The number of aryl methyl sites for hydroxylation is 2. The zero-order valence-electron chi connectivity index (χ0n) is 13.0. The van der Waals surface area contributed by atoms with E-state index >= 15 is 0 Å². The molecule has 112 valence electrons. The highest BCUT2D eigenvalue weighted by atomic mass is 16.5. The van der Waals surface area contributed by atoms with Crippen molar-refractivity contribution in [1.29, 1.82) is 0 Å². The van der Waals surface area contributed by atoms with E-state index < -0.39 is 11.6 Å². The topological polar surface area (TPSA) is 72.3 Å². The van der Waals surface area contributed by atoms with Gasteiger partial charge in [0, 0.05) is 24.4 Å². The van der Waals surface area contributed by atoms with Crippen LogP contribution in [0.25, 0.3) is 0 Å². The molecule has 1 heterocycles. The van der Waals surface area contributed by atoms with Crippen molar-refractivity contribution in [3.8, 4) is 0 Å². The molecule has 1 aromatic heterocycles. The molecule has 0 saturated heterocycles. The third kappa shape index (κ3) is 3.76. The first kappa shape index (κ1) is 16.6. The summed E-state index contributed by atoms with van der Waals surface area (Å²) in [4.78, 5) is 19.8. The second kappa shape index (κ2) is 6.79. The Balaban J connectivity index is 3.12. The van der Waals surface area contributed by atoms with E-state index in [1.165, 1.54) is 0 Å². The molecule has 1 atom stereocenters. The molecule has 20 heavy (non-hydrogen) atoms. The number of carboxylic acid groups (broad SMARTS) is 1. The predicted octanol–water partition coefficient (Wildman–Crippen LogP) is 2.77. The molecule has 1 rings (SSSR count). The molecule has 5 heteroatoms. The van der Waals surface area contributed by atoms with Crippen LogP contribution in [0.4, 0.5) is 0 Å². The summed E-state index contributed by atoms with van der Waals surface area (Å²) in [6.45, 7) is 10.4. The Morgan fingerprint density at radius 2 is 1.80 bits per heavy atom. The van der Waals surface area contributed by atoms with E-state index in [1.807, 2.05) is 34.6 Å². The van der Waals surface area contributed by atoms with Crippen LogP contribution >= 0.6 is 0 Å². The van der Waals surface area contributed by atoms with Crippen molar-refractivity contribution in [2.75, 3.05) is 6.61 Å². The van der Waals surface area contributed by atoms with Crippen molar-refractivity contribution in [3.05, 3.63) is 22.8 Å². The average molecular weight is 280 g/mol. The molecule has 1 N–H and O–H groups in total. The maximum atomic E-state index is 10.7. The Labute approximate surface area is 120 Å². The van der Waals surface area contributed by atoms with Gasteiger partial charge < -0.3 is 9.84 Å². The normalized spacial score (nSPS) is 14.1. The van der Waals surface area contributed by atoms with Crippen molar-refractivity contribution in [1.82, 2.24) is 9.97 Å². The molecule has 0 aliphatic heterocycles. The molecule has 0 saturated carbocycles. The van der Waals surface area contributed by atoms with E-state index in [0.717, 1.165) is 23.4 Å². The van der Waals surface area contributed by atoms with Gasteiger partial charge in [0.2, 0.25) is 0 Å². The summed E-state index contributed by atoms with van der Waals surface area (Å²) in [5.74, 6) is -0.128. The van der Waals surface area contributed by atoms with E-state index in [9.17, 15) is 4.79 Å². The highest BCUT2D eigenvalue weighted by Crippen LogP contribution is 2.27. The standard InChI is InChI=1S/C15H24N2O3/c1-6-15(5,20-7-2)14-16-10(3)12(11(4)17-14)8-9-13(18)19/h6-9H2,1-5H3,(H,18,19). The molecule has 0 aliphatic carbocycles. The molecule has 0 aliphatic rings.